The van der Waals surface area contributed by atoms with Crippen LogP contribution < -0.4 is 5.32 Å². The molecule has 0 atom stereocenters. The van der Waals surface area contributed by atoms with Crippen molar-refractivity contribution in [3.63, 3.8) is 0 Å². The van der Waals surface area contributed by atoms with E-state index in [9.17, 15) is 9.18 Å². The fourth-order valence-corrected chi connectivity index (χ4v) is 3.36. The van der Waals surface area contributed by atoms with E-state index in [2.05, 4.69) is 32.5 Å². The molecular formula is C21H23FN6O. The predicted octanol–water partition coefficient (Wildman–Crippen LogP) is 2.41. The number of nitrogens with one attached hydrogen (secondary N) is 1. The summed E-state index contributed by atoms with van der Waals surface area (Å²) in [5.41, 5.74) is 1.97. The molecule has 8 heteroatoms. The van der Waals surface area contributed by atoms with Crippen LogP contribution in [-0.4, -0.2) is 63.9 Å². The Hall–Kier alpha value is -3.10. The summed E-state index contributed by atoms with van der Waals surface area (Å²) in [4.78, 5) is 17.2. The molecule has 29 heavy (non-hydrogen) atoms. The van der Waals surface area contributed by atoms with Crippen LogP contribution in [0.15, 0.2) is 54.7 Å². The minimum absolute atomic E-state index is 0.137. The highest BCUT2D eigenvalue weighted by atomic mass is 19.1. The van der Waals surface area contributed by atoms with Crippen molar-refractivity contribution in [2.75, 3.05) is 38.5 Å². The average molecular weight is 394 g/mol. The molecule has 0 spiro atoms. The first-order chi connectivity index (χ1) is 14.1. The number of anilines is 1. The van der Waals surface area contributed by atoms with Gasteiger partial charge in [0.15, 0.2) is 5.69 Å². The molecule has 150 valence electrons. The normalized spacial score (nSPS) is 15.4. The molecule has 1 saturated heterocycles. The first kappa shape index (κ1) is 19.2. The lowest BCUT2D eigenvalue weighted by Crippen LogP contribution is -2.43. The van der Waals surface area contributed by atoms with Crippen molar-refractivity contribution in [1.29, 1.82) is 0 Å². The van der Waals surface area contributed by atoms with E-state index in [1.54, 1.807) is 6.07 Å². The molecule has 1 aromatic heterocycles. The van der Waals surface area contributed by atoms with Gasteiger partial charge in [-0.1, -0.05) is 29.5 Å². The summed E-state index contributed by atoms with van der Waals surface area (Å²) in [6, 6.07) is 14.1. The van der Waals surface area contributed by atoms with E-state index in [1.165, 1.54) is 16.9 Å². The number of likely N-dealkylation sites (N-methyl/N-ethyl adjacent to an activating group) is 1. The van der Waals surface area contributed by atoms with Gasteiger partial charge < -0.3 is 10.2 Å². The van der Waals surface area contributed by atoms with Crippen LogP contribution in [0.5, 0.6) is 0 Å². The molecule has 4 rings (SSSR count). The zero-order valence-corrected chi connectivity index (χ0v) is 16.3. The summed E-state index contributed by atoms with van der Waals surface area (Å²) in [5, 5.41) is 10.4. The van der Waals surface area contributed by atoms with Gasteiger partial charge >= 0.3 is 0 Å². The molecule has 0 radical (unpaired) electrons. The maximum absolute atomic E-state index is 14.6. The average Bonchev–Trinajstić information content (AvgIpc) is 3.22. The minimum atomic E-state index is -0.468. The lowest BCUT2D eigenvalue weighted by molar-refractivity contribution is 0.101. The zero-order valence-electron chi connectivity index (χ0n) is 16.3. The number of hydrogen-bond donors (Lipinski definition) is 1. The van der Waals surface area contributed by atoms with E-state index in [1.807, 2.05) is 36.4 Å². The Morgan fingerprint density at radius 1 is 1.10 bits per heavy atom. The van der Waals surface area contributed by atoms with Crippen LogP contribution in [0.3, 0.4) is 0 Å². The molecule has 3 aromatic rings. The van der Waals surface area contributed by atoms with E-state index in [0.29, 0.717) is 12.2 Å². The van der Waals surface area contributed by atoms with Crippen LogP contribution in [0.2, 0.25) is 0 Å². The van der Waals surface area contributed by atoms with Crippen LogP contribution in [0, 0.1) is 5.82 Å². The number of nitrogens with zero attached hydrogens (tertiary/aromatic N) is 5. The second-order valence-electron chi connectivity index (χ2n) is 7.21. The molecule has 1 fully saturated rings. The molecule has 0 saturated carbocycles. The first-order valence-corrected chi connectivity index (χ1v) is 9.57. The Morgan fingerprint density at radius 3 is 2.59 bits per heavy atom. The minimum Gasteiger partial charge on any atom is -0.318 e. The molecule has 0 bridgehead atoms. The monoisotopic (exact) mass is 394 g/mol. The van der Waals surface area contributed by atoms with Crippen LogP contribution in [-0.2, 0) is 6.54 Å². The topological polar surface area (TPSA) is 66.3 Å². The second kappa shape index (κ2) is 8.50. The number of benzene rings is 2. The maximum atomic E-state index is 14.6. The lowest BCUT2D eigenvalue weighted by atomic mass is 10.1. The lowest BCUT2D eigenvalue weighted by Gasteiger charge is -2.32. The number of amides is 1. The van der Waals surface area contributed by atoms with Crippen molar-refractivity contribution in [3.8, 4) is 5.69 Å². The third-order valence-electron chi connectivity index (χ3n) is 5.07. The number of aromatic nitrogens is 3. The number of carbonyl (C=O) groups excluding carboxylic acids is 1. The fraction of sp³-hybridized carbons (Fsp3) is 0.286. The van der Waals surface area contributed by atoms with Gasteiger partial charge in [-0.2, -0.15) is 0 Å². The van der Waals surface area contributed by atoms with Gasteiger partial charge in [0.25, 0.3) is 5.91 Å². The largest absolute Gasteiger partial charge is 0.318 e. The van der Waals surface area contributed by atoms with Gasteiger partial charge in [0.05, 0.1) is 17.6 Å². The summed E-state index contributed by atoms with van der Waals surface area (Å²) >= 11 is 0. The zero-order chi connectivity index (χ0) is 20.2. The Bertz CT molecular complexity index is 982. The fourth-order valence-electron chi connectivity index (χ4n) is 3.36. The number of piperazine rings is 1. The third-order valence-corrected chi connectivity index (χ3v) is 5.07. The molecule has 7 nitrogen and oxygen atoms in total. The van der Waals surface area contributed by atoms with Crippen LogP contribution >= 0.6 is 0 Å². The number of halogens is 1. The molecule has 1 N–H and O–H groups in total. The van der Waals surface area contributed by atoms with Crippen LogP contribution in [0.1, 0.15) is 16.1 Å². The van der Waals surface area contributed by atoms with Gasteiger partial charge in [-0.15, -0.1) is 5.10 Å². The van der Waals surface area contributed by atoms with Gasteiger partial charge in [-0.3, -0.25) is 9.69 Å². The van der Waals surface area contributed by atoms with E-state index in [4.69, 9.17) is 0 Å². The predicted molar refractivity (Wildman–Crippen MR) is 108 cm³/mol. The molecule has 1 amide bonds. The van der Waals surface area contributed by atoms with Crippen molar-refractivity contribution in [2.45, 2.75) is 6.54 Å². The summed E-state index contributed by atoms with van der Waals surface area (Å²) < 4.78 is 16.0. The summed E-state index contributed by atoms with van der Waals surface area (Å²) in [6.45, 7) is 4.66. The van der Waals surface area contributed by atoms with E-state index >= 15 is 0 Å². The number of carbonyl (C=O) groups is 1. The molecule has 0 unspecified atom stereocenters. The number of rotatable bonds is 5. The van der Waals surface area contributed by atoms with Crippen LogP contribution in [0.25, 0.3) is 5.69 Å². The summed E-state index contributed by atoms with van der Waals surface area (Å²) in [6.07, 6.45) is 1.36. The van der Waals surface area contributed by atoms with Crippen molar-refractivity contribution in [1.82, 2.24) is 24.8 Å². The van der Waals surface area contributed by atoms with Crippen molar-refractivity contribution in [2.24, 2.45) is 0 Å². The maximum Gasteiger partial charge on any atom is 0.276 e. The Morgan fingerprint density at radius 2 is 1.86 bits per heavy atom. The highest BCUT2D eigenvalue weighted by molar-refractivity contribution is 6.03. The SMILES string of the molecule is CN1CCN(Cc2ccc(NC(=O)c3cnnn3-c3ccccc3)c(F)c2)CC1. The summed E-state index contributed by atoms with van der Waals surface area (Å²) in [5.74, 6) is -0.923. The van der Waals surface area contributed by atoms with Crippen molar-refractivity contribution < 1.29 is 9.18 Å². The molecule has 1 aliphatic heterocycles. The van der Waals surface area contributed by atoms with Gasteiger partial charge in [-0.05, 0) is 36.9 Å². The standard InChI is InChI=1S/C21H23FN6O/c1-26-9-11-27(12-10-26)15-16-7-8-19(18(22)13-16)24-21(29)20-14-23-25-28(20)17-5-3-2-4-6-17/h2-8,13-14H,9-12,15H2,1H3,(H,24,29). The van der Waals surface area contributed by atoms with Gasteiger partial charge in [0.2, 0.25) is 0 Å². The molecule has 2 aromatic carbocycles. The van der Waals surface area contributed by atoms with Crippen molar-refractivity contribution in [3.05, 3.63) is 71.8 Å². The highest BCUT2D eigenvalue weighted by Gasteiger charge is 2.18. The number of para-hydroxylation sites is 1. The molecular weight excluding hydrogens is 371 g/mol. The molecule has 0 aliphatic carbocycles. The highest BCUT2D eigenvalue weighted by Crippen LogP contribution is 2.19. The van der Waals surface area contributed by atoms with E-state index in [-0.39, 0.29) is 11.4 Å². The smallest absolute Gasteiger partial charge is 0.276 e. The second-order valence-corrected chi connectivity index (χ2v) is 7.21. The Balaban J connectivity index is 1.45. The number of hydrogen-bond acceptors (Lipinski definition) is 5. The van der Waals surface area contributed by atoms with Crippen LogP contribution in [0.4, 0.5) is 10.1 Å². The van der Waals surface area contributed by atoms with E-state index < -0.39 is 11.7 Å². The quantitative estimate of drug-likeness (QED) is 0.720. The van der Waals surface area contributed by atoms with Gasteiger partial charge in [0, 0.05) is 32.7 Å². The van der Waals surface area contributed by atoms with Crippen molar-refractivity contribution >= 4 is 11.6 Å². The summed E-state index contributed by atoms with van der Waals surface area (Å²) in [7, 11) is 2.10. The van der Waals surface area contributed by atoms with E-state index in [0.717, 1.165) is 31.7 Å². The Kier molecular flexibility index (Phi) is 5.64. The van der Waals surface area contributed by atoms with Gasteiger partial charge in [0.1, 0.15) is 5.82 Å². The molecule has 2 heterocycles. The first-order valence-electron chi connectivity index (χ1n) is 9.57. The molecule has 1 aliphatic rings. The Labute approximate surface area is 168 Å². The van der Waals surface area contributed by atoms with Gasteiger partial charge in [-0.25, -0.2) is 9.07 Å². The third kappa shape index (κ3) is 4.49.